The maximum atomic E-state index is 12.5. The minimum atomic E-state index is -0.395. The molecule has 0 saturated heterocycles. The Hall–Kier alpha value is -3.37. The summed E-state index contributed by atoms with van der Waals surface area (Å²) in [4.78, 5) is 24.8. The first kappa shape index (κ1) is 19.0. The fourth-order valence-corrected chi connectivity index (χ4v) is 3.39. The van der Waals surface area contributed by atoms with E-state index in [0.717, 1.165) is 22.1 Å². The number of ether oxygens (including phenoxy) is 1. The lowest BCUT2D eigenvalue weighted by molar-refractivity contribution is -0.133. The Balaban J connectivity index is 1.65. The van der Waals surface area contributed by atoms with Crippen molar-refractivity contribution in [2.24, 2.45) is 0 Å². The average Bonchev–Trinajstić information content (AvgIpc) is 2.71. The van der Waals surface area contributed by atoms with Crippen molar-refractivity contribution in [3.63, 3.8) is 0 Å². The molecule has 0 atom stereocenters. The highest BCUT2D eigenvalue weighted by molar-refractivity contribution is 6.30. The third-order valence-corrected chi connectivity index (χ3v) is 4.94. The van der Waals surface area contributed by atoms with Gasteiger partial charge in [-0.05, 0) is 53.9 Å². The van der Waals surface area contributed by atoms with Gasteiger partial charge in [-0.15, -0.1) is 0 Å². The quantitative estimate of drug-likeness (QED) is 0.253. The highest BCUT2D eigenvalue weighted by Gasteiger charge is 2.15. The van der Waals surface area contributed by atoms with E-state index in [1.165, 1.54) is 0 Å². The largest absolute Gasteiger partial charge is 0.426 e. The zero-order valence-corrected chi connectivity index (χ0v) is 16.4. The van der Waals surface area contributed by atoms with Gasteiger partial charge in [-0.25, -0.2) is 4.79 Å². The molecule has 144 valence electrons. The molecule has 0 saturated carbocycles. The molecule has 4 rings (SSSR count). The lowest BCUT2D eigenvalue weighted by Gasteiger charge is -2.10. The van der Waals surface area contributed by atoms with Crippen LogP contribution in [0.4, 0.5) is 0 Å². The summed E-state index contributed by atoms with van der Waals surface area (Å²) in [5, 5.41) is 1.34. The van der Waals surface area contributed by atoms with Gasteiger partial charge in [-0.3, -0.25) is 4.79 Å². The topological polar surface area (TPSA) is 56.5 Å². The Bertz CT molecular complexity index is 1240. The van der Waals surface area contributed by atoms with Crippen LogP contribution in [-0.2, 0) is 11.2 Å². The van der Waals surface area contributed by atoms with Gasteiger partial charge in [0.05, 0.1) is 12.0 Å². The summed E-state index contributed by atoms with van der Waals surface area (Å²) in [5.41, 5.74) is 2.93. The van der Waals surface area contributed by atoms with Gasteiger partial charge >= 0.3 is 11.6 Å². The first-order valence-electron chi connectivity index (χ1n) is 9.09. The van der Waals surface area contributed by atoms with Crippen LogP contribution >= 0.6 is 11.6 Å². The summed E-state index contributed by atoms with van der Waals surface area (Å²) >= 11 is 5.87. The van der Waals surface area contributed by atoms with Crippen LogP contribution in [0.5, 0.6) is 5.75 Å². The van der Waals surface area contributed by atoms with E-state index < -0.39 is 5.63 Å². The molecule has 0 fully saturated rings. The number of carbonyl (C=O) groups is 1. The van der Waals surface area contributed by atoms with Crippen LogP contribution in [0.25, 0.3) is 22.1 Å². The van der Waals surface area contributed by atoms with E-state index in [9.17, 15) is 9.59 Å². The number of rotatable bonds is 4. The zero-order chi connectivity index (χ0) is 20.4. The van der Waals surface area contributed by atoms with Crippen LogP contribution in [-0.4, -0.2) is 5.97 Å². The number of benzene rings is 3. The number of carbonyl (C=O) groups excluding carboxylic acids is 1. The van der Waals surface area contributed by atoms with Crippen LogP contribution in [0.3, 0.4) is 0 Å². The first-order chi connectivity index (χ1) is 14.0. The van der Waals surface area contributed by atoms with Crippen molar-refractivity contribution >= 4 is 28.5 Å². The second-order valence-corrected chi connectivity index (χ2v) is 7.13. The van der Waals surface area contributed by atoms with Crippen molar-refractivity contribution in [1.82, 2.24) is 0 Å². The van der Waals surface area contributed by atoms with Crippen molar-refractivity contribution in [2.45, 2.75) is 13.3 Å². The van der Waals surface area contributed by atoms with Crippen molar-refractivity contribution < 1.29 is 13.9 Å². The van der Waals surface area contributed by atoms with E-state index in [1.807, 2.05) is 37.3 Å². The van der Waals surface area contributed by atoms with Gasteiger partial charge in [0.1, 0.15) is 11.3 Å². The molecule has 4 aromatic rings. The molecule has 0 N–H and O–H groups in total. The maximum Gasteiger partial charge on any atom is 0.344 e. The molecular formula is C24H17ClO4. The third-order valence-electron chi connectivity index (χ3n) is 4.69. The molecule has 0 radical (unpaired) electrons. The fraction of sp³-hybridized carbons (Fsp3) is 0.0833. The molecule has 0 aliphatic carbocycles. The second-order valence-electron chi connectivity index (χ2n) is 6.69. The molecule has 0 bridgehead atoms. The van der Waals surface area contributed by atoms with Crippen LogP contribution in [0.1, 0.15) is 11.1 Å². The SMILES string of the molecule is Cc1c(-c2ccccc2)c(=O)oc2ccc(OC(=O)Cc3ccc(Cl)cc3)cc12. The smallest absolute Gasteiger partial charge is 0.344 e. The van der Waals surface area contributed by atoms with Gasteiger partial charge in [0.25, 0.3) is 0 Å². The third kappa shape index (κ3) is 4.08. The van der Waals surface area contributed by atoms with Gasteiger partial charge in [0.2, 0.25) is 0 Å². The van der Waals surface area contributed by atoms with Gasteiger partial charge in [-0.2, -0.15) is 0 Å². The number of aryl methyl sites for hydroxylation is 1. The summed E-state index contributed by atoms with van der Waals surface area (Å²) in [6.45, 7) is 1.86. The minimum Gasteiger partial charge on any atom is -0.426 e. The zero-order valence-electron chi connectivity index (χ0n) is 15.6. The van der Waals surface area contributed by atoms with Crippen molar-refractivity contribution in [3.8, 4) is 16.9 Å². The molecule has 0 spiro atoms. The van der Waals surface area contributed by atoms with Crippen LogP contribution < -0.4 is 10.4 Å². The van der Waals surface area contributed by atoms with Crippen LogP contribution in [0.2, 0.25) is 5.02 Å². The Labute approximate surface area is 172 Å². The second kappa shape index (κ2) is 7.94. The van der Waals surface area contributed by atoms with E-state index in [0.29, 0.717) is 21.9 Å². The van der Waals surface area contributed by atoms with E-state index >= 15 is 0 Å². The molecule has 0 aliphatic rings. The molecular weight excluding hydrogens is 388 g/mol. The molecule has 3 aromatic carbocycles. The first-order valence-corrected chi connectivity index (χ1v) is 9.47. The summed E-state index contributed by atoms with van der Waals surface area (Å²) < 4.78 is 11.0. The number of hydrogen-bond donors (Lipinski definition) is 0. The maximum absolute atomic E-state index is 12.5. The molecule has 5 heteroatoms. The van der Waals surface area contributed by atoms with Gasteiger partial charge in [0.15, 0.2) is 0 Å². The summed E-state index contributed by atoms with van der Waals surface area (Å²) in [5.74, 6) is 0.0115. The highest BCUT2D eigenvalue weighted by atomic mass is 35.5. The van der Waals surface area contributed by atoms with Crippen molar-refractivity contribution in [2.75, 3.05) is 0 Å². The Morgan fingerprint density at radius 2 is 1.72 bits per heavy atom. The van der Waals surface area contributed by atoms with Crippen molar-refractivity contribution in [3.05, 3.63) is 99.4 Å². The van der Waals surface area contributed by atoms with Gasteiger partial charge in [-0.1, -0.05) is 54.1 Å². The van der Waals surface area contributed by atoms with E-state index in [-0.39, 0.29) is 12.4 Å². The van der Waals surface area contributed by atoms with Gasteiger partial charge < -0.3 is 9.15 Å². The fourth-order valence-electron chi connectivity index (χ4n) is 3.27. The Kier molecular flexibility index (Phi) is 5.19. The lowest BCUT2D eigenvalue weighted by atomic mass is 9.99. The average molecular weight is 405 g/mol. The summed E-state index contributed by atoms with van der Waals surface area (Å²) in [6, 6.07) is 21.4. The molecule has 1 heterocycles. The van der Waals surface area contributed by atoms with Crippen LogP contribution in [0, 0.1) is 6.92 Å². The number of esters is 1. The number of hydrogen-bond acceptors (Lipinski definition) is 4. The minimum absolute atomic E-state index is 0.132. The highest BCUT2D eigenvalue weighted by Crippen LogP contribution is 2.29. The van der Waals surface area contributed by atoms with E-state index in [2.05, 4.69) is 0 Å². The molecule has 0 unspecified atom stereocenters. The standard InChI is InChI=1S/C24H17ClO4/c1-15-20-14-19(28-22(26)13-16-7-9-18(25)10-8-16)11-12-21(20)29-24(27)23(15)17-5-3-2-4-6-17/h2-12,14H,13H2,1H3. The lowest BCUT2D eigenvalue weighted by Crippen LogP contribution is -2.11. The van der Waals surface area contributed by atoms with Crippen LogP contribution in [0.15, 0.2) is 82.0 Å². The summed E-state index contributed by atoms with van der Waals surface area (Å²) in [6.07, 6.45) is 0.132. The van der Waals surface area contributed by atoms with Gasteiger partial charge in [0, 0.05) is 10.4 Å². The number of halogens is 1. The number of fused-ring (bicyclic) bond motifs is 1. The monoisotopic (exact) mass is 404 g/mol. The molecule has 0 amide bonds. The van der Waals surface area contributed by atoms with E-state index in [4.69, 9.17) is 20.8 Å². The van der Waals surface area contributed by atoms with Crippen molar-refractivity contribution in [1.29, 1.82) is 0 Å². The predicted octanol–water partition coefficient (Wildman–Crippen LogP) is 5.57. The molecule has 4 nitrogen and oxygen atoms in total. The summed E-state index contributed by atoms with van der Waals surface area (Å²) in [7, 11) is 0. The molecule has 1 aromatic heterocycles. The normalized spacial score (nSPS) is 10.8. The Morgan fingerprint density at radius 1 is 1.00 bits per heavy atom. The Morgan fingerprint density at radius 3 is 2.45 bits per heavy atom. The molecule has 0 aliphatic heterocycles. The van der Waals surface area contributed by atoms with E-state index in [1.54, 1.807) is 42.5 Å². The molecule has 29 heavy (non-hydrogen) atoms. The predicted molar refractivity (Wildman–Crippen MR) is 113 cm³/mol.